The van der Waals surface area contributed by atoms with Crippen LogP contribution >= 0.6 is 35.0 Å². The van der Waals surface area contributed by atoms with Gasteiger partial charge in [-0.3, -0.25) is 0 Å². The van der Waals surface area contributed by atoms with Crippen molar-refractivity contribution in [3.63, 3.8) is 0 Å². The first kappa shape index (κ1) is 18.0. The third-order valence-corrected chi connectivity index (χ3v) is 4.46. The molecule has 0 saturated heterocycles. The topological polar surface area (TPSA) is 35.2 Å². The molecule has 1 aromatic carbocycles. The van der Waals surface area contributed by atoms with Crippen molar-refractivity contribution in [2.45, 2.75) is 39.2 Å². The molecule has 0 bridgehead atoms. The summed E-state index contributed by atoms with van der Waals surface area (Å²) < 4.78 is 5.86. The molecule has 0 fully saturated rings. The van der Waals surface area contributed by atoms with E-state index in [0.29, 0.717) is 16.7 Å². The van der Waals surface area contributed by atoms with Gasteiger partial charge in [0.1, 0.15) is 5.75 Å². The van der Waals surface area contributed by atoms with Crippen LogP contribution < -0.4 is 10.5 Å². The Morgan fingerprint density at radius 3 is 2.70 bits per heavy atom. The van der Waals surface area contributed by atoms with Crippen LogP contribution in [-0.4, -0.2) is 24.2 Å². The average Bonchev–Trinajstić information content (AvgIpc) is 2.40. The maximum absolute atomic E-state index is 6.25. The first-order valence-electron chi connectivity index (χ1n) is 7.02. The molecular weight excluding hydrogens is 313 g/mol. The lowest BCUT2D eigenvalue weighted by atomic mass is 10.0. The van der Waals surface area contributed by atoms with E-state index >= 15 is 0 Å². The molecule has 5 heteroatoms. The van der Waals surface area contributed by atoms with E-state index in [1.807, 2.05) is 17.8 Å². The molecule has 2 N–H and O–H groups in total. The molecule has 0 amide bonds. The van der Waals surface area contributed by atoms with Crippen molar-refractivity contribution in [3.05, 3.63) is 27.7 Å². The number of hydrogen-bond donors (Lipinski definition) is 1. The number of ether oxygens (including phenoxy) is 1. The second kappa shape index (κ2) is 9.78. The molecule has 1 unspecified atom stereocenters. The zero-order valence-corrected chi connectivity index (χ0v) is 14.5. The first-order valence-corrected chi connectivity index (χ1v) is 8.93. The van der Waals surface area contributed by atoms with Gasteiger partial charge in [0.25, 0.3) is 0 Å². The van der Waals surface area contributed by atoms with Gasteiger partial charge in [0.2, 0.25) is 0 Å². The zero-order chi connectivity index (χ0) is 15.0. The number of benzene rings is 1. The third kappa shape index (κ3) is 6.13. The second-order valence-corrected chi connectivity index (χ2v) is 6.88. The first-order chi connectivity index (χ1) is 9.58. The van der Waals surface area contributed by atoms with Crippen LogP contribution in [0.15, 0.2) is 12.1 Å². The van der Waals surface area contributed by atoms with Crippen LogP contribution in [0.2, 0.25) is 10.0 Å². The van der Waals surface area contributed by atoms with E-state index in [1.165, 1.54) is 0 Å². The van der Waals surface area contributed by atoms with Gasteiger partial charge in [0, 0.05) is 11.1 Å². The average molecular weight is 336 g/mol. The third-order valence-electron chi connectivity index (χ3n) is 2.98. The molecule has 0 saturated carbocycles. The van der Waals surface area contributed by atoms with Crippen molar-refractivity contribution in [3.8, 4) is 5.75 Å². The Labute approximate surface area is 136 Å². The van der Waals surface area contributed by atoms with E-state index in [-0.39, 0.29) is 6.04 Å². The van der Waals surface area contributed by atoms with Gasteiger partial charge in [-0.2, -0.15) is 11.8 Å². The number of nitrogens with two attached hydrogens (primary N) is 1. The molecule has 1 rings (SSSR count). The van der Waals surface area contributed by atoms with Gasteiger partial charge in [-0.15, -0.1) is 0 Å². The highest BCUT2D eigenvalue weighted by Gasteiger charge is 2.13. The van der Waals surface area contributed by atoms with Crippen molar-refractivity contribution in [1.29, 1.82) is 0 Å². The van der Waals surface area contributed by atoms with Crippen LogP contribution in [0.5, 0.6) is 5.75 Å². The van der Waals surface area contributed by atoms with Gasteiger partial charge in [0.05, 0.1) is 11.6 Å². The Morgan fingerprint density at radius 1 is 1.30 bits per heavy atom. The Hall–Kier alpha value is -0.0900. The fourth-order valence-corrected chi connectivity index (χ4v) is 3.03. The molecule has 2 nitrogen and oxygen atoms in total. The lowest BCUT2D eigenvalue weighted by molar-refractivity contribution is 0.315. The SMILES string of the molecule is CCSCCCOc1c(Cl)cc(Cl)cc1CC(N)CC. The summed E-state index contributed by atoms with van der Waals surface area (Å²) in [7, 11) is 0. The Kier molecular flexibility index (Phi) is 8.78. The maximum Gasteiger partial charge on any atom is 0.141 e. The van der Waals surface area contributed by atoms with E-state index in [9.17, 15) is 0 Å². The van der Waals surface area contributed by atoms with Crippen molar-refractivity contribution in [1.82, 2.24) is 0 Å². The van der Waals surface area contributed by atoms with Crippen LogP contribution in [0.4, 0.5) is 0 Å². The Morgan fingerprint density at radius 2 is 2.05 bits per heavy atom. The van der Waals surface area contributed by atoms with E-state index in [0.717, 1.165) is 42.1 Å². The van der Waals surface area contributed by atoms with Gasteiger partial charge in [-0.1, -0.05) is 37.0 Å². The quantitative estimate of drug-likeness (QED) is 0.658. The fraction of sp³-hybridized carbons (Fsp3) is 0.600. The molecule has 0 aliphatic carbocycles. The van der Waals surface area contributed by atoms with Crippen molar-refractivity contribution >= 4 is 35.0 Å². The van der Waals surface area contributed by atoms with E-state index in [1.54, 1.807) is 6.07 Å². The molecule has 114 valence electrons. The molecule has 0 aliphatic heterocycles. The largest absolute Gasteiger partial charge is 0.492 e. The predicted octanol–water partition coefficient (Wildman–Crippen LogP) is 4.80. The maximum atomic E-state index is 6.25. The minimum absolute atomic E-state index is 0.0996. The summed E-state index contributed by atoms with van der Waals surface area (Å²) in [6.45, 7) is 4.90. The zero-order valence-electron chi connectivity index (χ0n) is 12.1. The molecule has 0 heterocycles. The van der Waals surface area contributed by atoms with Crippen LogP contribution in [0.25, 0.3) is 0 Å². The monoisotopic (exact) mass is 335 g/mol. The summed E-state index contributed by atoms with van der Waals surface area (Å²) in [5.74, 6) is 2.98. The number of halogens is 2. The number of hydrogen-bond acceptors (Lipinski definition) is 3. The highest BCUT2D eigenvalue weighted by atomic mass is 35.5. The van der Waals surface area contributed by atoms with Gasteiger partial charge in [-0.25, -0.2) is 0 Å². The minimum Gasteiger partial charge on any atom is -0.492 e. The lowest BCUT2D eigenvalue weighted by Gasteiger charge is -2.16. The standard InChI is InChI=1S/C15H23Cl2NOS/c1-3-13(18)9-11-8-12(16)10-14(17)15(11)19-6-5-7-20-4-2/h8,10,13H,3-7,9,18H2,1-2H3. The van der Waals surface area contributed by atoms with E-state index in [4.69, 9.17) is 33.7 Å². The second-order valence-electron chi connectivity index (χ2n) is 4.65. The molecule has 0 aliphatic rings. The van der Waals surface area contributed by atoms with Crippen molar-refractivity contribution in [2.24, 2.45) is 5.73 Å². The van der Waals surface area contributed by atoms with Crippen LogP contribution in [-0.2, 0) is 6.42 Å². The van der Waals surface area contributed by atoms with E-state index in [2.05, 4.69) is 13.8 Å². The van der Waals surface area contributed by atoms with Crippen LogP contribution in [0.3, 0.4) is 0 Å². The highest BCUT2D eigenvalue weighted by molar-refractivity contribution is 7.99. The van der Waals surface area contributed by atoms with Crippen LogP contribution in [0, 0.1) is 0 Å². The molecule has 1 atom stereocenters. The summed E-state index contributed by atoms with van der Waals surface area (Å²) in [6, 6.07) is 3.72. The smallest absolute Gasteiger partial charge is 0.141 e. The summed E-state index contributed by atoms with van der Waals surface area (Å²) in [5, 5.41) is 1.20. The highest BCUT2D eigenvalue weighted by Crippen LogP contribution is 2.33. The lowest BCUT2D eigenvalue weighted by Crippen LogP contribution is -2.22. The predicted molar refractivity (Wildman–Crippen MR) is 91.5 cm³/mol. The molecule has 0 radical (unpaired) electrons. The van der Waals surface area contributed by atoms with Gasteiger partial charge in [-0.05, 0) is 48.5 Å². The summed E-state index contributed by atoms with van der Waals surface area (Å²) in [4.78, 5) is 0. The molecule has 0 spiro atoms. The summed E-state index contributed by atoms with van der Waals surface area (Å²) in [5.41, 5.74) is 7.02. The summed E-state index contributed by atoms with van der Waals surface area (Å²) >= 11 is 14.2. The minimum atomic E-state index is 0.0996. The molecular formula is C15H23Cl2NOS. The Balaban J connectivity index is 2.71. The van der Waals surface area contributed by atoms with Crippen molar-refractivity contribution < 1.29 is 4.74 Å². The molecule has 0 aromatic heterocycles. The van der Waals surface area contributed by atoms with Crippen molar-refractivity contribution in [2.75, 3.05) is 18.1 Å². The molecule has 1 aromatic rings. The van der Waals surface area contributed by atoms with Crippen LogP contribution in [0.1, 0.15) is 32.3 Å². The number of thioether (sulfide) groups is 1. The normalized spacial score (nSPS) is 12.4. The van der Waals surface area contributed by atoms with Gasteiger partial charge < -0.3 is 10.5 Å². The Bertz CT molecular complexity index is 415. The molecule has 20 heavy (non-hydrogen) atoms. The van der Waals surface area contributed by atoms with E-state index < -0.39 is 0 Å². The number of rotatable bonds is 9. The fourth-order valence-electron chi connectivity index (χ4n) is 1.83. The van der Waals surface area contributed by atoms with Gasteiger partial charge >= 0.3 is 0 Å². The summed E-state index contributed by atoms with van der Waals surface area (Å²) in [6.07, 6.45) is 2.66. The van der Waals surface area contributed by atoms with Gasteiger partial charge in [0.15, 0.2) is 0 Å².